The van der Waals surface area contributed by atoms with Crippen molar-refractivity contribution < 1.29 is 4.79 Å². The van der Waals surface area contributed by atoms with Crippen molar-refractivity contribution in [1.82, 2.24) is 4.90 Å². The minimum absolute atomic E-state index is 0.313. The molecule has 0 radical (unpaired) electrons. The maximum Gasteiger partial charge on any atom is 0.222 e. The fourth-order valence-corrected chi connectivity index (χ4v) is 2.24. The normalized spacial score (nSPS) is 21.7. The van der Waals surface area contributed by atoms with Gasteiger partial charge in [-0.25, -0.2) is 0 Å². The summed E-state index contributed by atoms with van der Waals surface area (Å²) in [7, 11) is 0. The largest absolute Gasteiger partial charge is 0.338 e. The van der Waals surface area contributed by atoms with E-state index in [0.29, 0.717) is 24.9 Å². The molecular formula is C12H24N2O. The number of nitrogens with two attached hydrogens (primary N) is 1. The van der Waals surface area contributed by atoms with Crippen molar-refractivity contribution in [3.05, 3.63) is 0 Å². The zero-order chi connectivity index (χ0) is 11.1. The fourth-order valence-electron chi connectivity index (χ4n) is 2.24. The Labute approximate surface area is 93.0 Å². The number of nitrogens with zero attached hydrogens (tertiary/aromatic N) is 1. The Bertz CT molecular complexity index is 194. The van der Waals surface area contributed by atoms with Gasteiger partial charge in [-0.3, -0.25) is 4.79 Å². The summed E-state index contributed by atoms with van der Waals surface area (Å²) >= 11 is 0. The Morgan fingerprint density at radius 3 is 2.87 bits per heavy atom. The zero-order valence-electron chi connectivity index (χ0n) is 9.87. The molecule has 3 heteroatoms. The minimum atomic E-state index is 0.313. The Kier molecular flexibility index (Phi) is 5.69. The lowest BCUT2D eigenvalue weighted by Gasteiger charge is -2.35. The molecule has 0 spiro atoms. The molecule has 1 aliphatic rings. The highest BCUT2D eigenvalue weighted by Gasteiger charge is 2.24. The van der Waals surface area contributed by atoms with Crippen LogP contribution in [0.5, 0.6) is 0 Å². The Morgan fingerprint density at radius 2 is 2.20 bits per heavy atom. The van der Waals surface area contributed by atoms with E-state index < -0.39 is 0 Å². The maximum absolute atomic E-state index is 11.9. The third-order valence-electron chi connectivity index (χ3n) is 3.21. The molecule has 1 rings (SSSR count). The van der Waals surface area contributed by atoms with E-state index >= 15 is 0 Å². The van der Waals surface area contributed by atoms with Crippen molar-refractivity contribution in [2.75, 3.05) is 13.1 Å². The molecule has 15 heavy (non-hydrogen) atoms. The predicted molar refractivity (Wildman–Crippen MR) is 62.5 cm³/mol. The van der Waals surface area contributed by atoms with Crippen molar-refractivity contribution >= 4 is 5.91 Å². The van der Waals surface area contributed by atoms with Gasteiger partial charge in [0, 0.05) is 25.6 Å². The van der Waals surface area contributed by atoms with Crippen molar-refractivity contribution in [2.24, 2.45) is 5.73 Å². The molecule has 0 aromatic heterocycles. The molecule has 1 aliphatic heterocycles. The molecule has 0 aromatic rings. The minimum Gasteiger partial charge on any atom is -0.338 e. The smallest absolute Gasteiger partial charge is 0.222 e. The lowest BCUT2D eigenvalue weighted by Crippen LogP contribution is -2.47. The molecule has 0 aliphatic carbocycles. The third-order valence-corrected chi connectivity index (χ3v) is 3.21. The van der Waals surface area contributed by atoms with Crippen LogP contribution in [0.4, 0.5) is 0 Å². The van der Waals surface area contributed by atoms with Gasteiger partial charge in [0.2, 0.25) is 5.91 Å². The fraction of sp³-hybridized carbons (Fsp3) is 0.917. The van der Waals surface area contributed by atoms with E-state index in [1.54, 1.807) is 0 Å². The SMILES string of the molecule is CCCCCC(=O)N1CCCCC1CN. The number of unbranched alkanes of at least 4 members (excludes halogenated alkanes) is 2. The molecule has 1 heterocycles. The first-order chi connectivity index (χ1) is 7.29. The van der Waals surface area contributed by atoms with E-state index in [9.17, 15) is 4.79 Å². The van der Waals surface area contributed by atoms with E-state index in [2.05, 4.69) is 6.92 Å². The summed E-state index contributed by atoms with van der Waals surface area (Å²) in [6.45, 7) is 3.71. The maximum atomic E-state index is 11.9. The standard InChI is InChI=1S/C12H24N2O/c1-2-3-4-8-12(15)14-9-6-5-7-11(14)10-13/h11H,2-10,13H2,1H3. The first-order valence-corrected chi connectivity index (χ1v) is 6.29. The van der Waals surface area contributed by atoms with Crippen LogP contribution in [0.25, 0.3) is 0 Å². The van der Waals surface area contributed by atoms with Gasteiger partial charge in [0.15, 0.2) is 0 Å². The Balaban J connectivity index is 2.34. The van der Waals surface area contributed by atoms with Crippen molar-refractivity contribution in [2.45, 2.75) is 57.9 Å². The molecule has 0 aromatic carbocycles. The van der Waals surface area contributed by atoms with Crippen molar-refractivity contribution in [1.29, 1.82) is 0 Å². The van der Waals surface area contributed by atoms with Crippen molar-refractivity contribution in [3.63, 3.8) is 0 Å². The Hall–Kier alpha value is -0.570. The van der Waals surface area contributed by atoms with Crippen LogP contribution in [0.3, 0.4) is 0 Å². The lowest BCUT2D eigenvalue weighted by atomic mass is 10.0. The third kappa shape index (κ3) is 3.82. The molecule has 1 fully saturated rings. The van der Waals surface area contributed by atoms with Crippen LogP contribution in [-0.4, -0.2) is 29.9 Å². The van der Waals surface area contributed by atoms with Crippen LogP contribution < -0.4 is 5.73 Å². The Morgan fingerprint density at radius 1 is 1.40 bits per heavy atom. The summed E-state index contributed by atoms with van der Waals surface area (Å²) in [6.07, 6.45) is 7.54. The summed E-state index contributed by atoms with van der Waals surface area (Å²) in [6, 6.07) is 0.313. The van der Waals surface area contributed by atoms with Gasteiger partial charge in [-0.05, 0) is 25.7 Å². The van der Waals surface area contributed by atoms with Gasteiger partial charge in [0.05, 0.1) is 0 Å². The van der Waals surface area contributed by atoms with Gasteiger partial charge < -0.3 is 10.6 Å². The van der Waals surface area contributed by atoms with E-state index in [1.807, 2.05) is 4.90 Å². The zero-order valence-corrected chi connectivity index (χ0v) is 9.87. The summed E-state index contributed by atoms with van der Waals surface area (Å²) in [5.41, 5.74) is 5.69. The second-order valence-corrected chi connectivity index (χ2v) is 4.43. The van der Waals surface area contributed by atoms with Gasteiger partial charge in [-0.15, -0.1) is 0 Å². The first kappa shape index (κ1) is 12.5. The van der Waals surface area contributed by atoms with Crippen molar-refractivity contribution in [3.8, 4) is 0 Å². The molecule has 1 unspecified atom stereocenters. The van der Waals surface area contributed by atoms with Gasteiger partial charge in [0.25, 0.3) is 0 Å². The van der Waals surface area contributed by atoms with Gasteiger partial charge in [0.1, 0.15) is 0 Å². The highest BCUT2D eigenvalue weighted by molar-refractivity contribution is 5.76. The average molecular weight is 212 g/mol. The van der Waals surface area contributed by atoms with E-state index in [4.69, 9.17) is 5.73 Å². The molecule has 1 amide bonds. The van der Waals surface area contributed by atoms with Crippen LogP contribution in [0.1, 0.15) is 51.9 Å². The van der Waals surface area contributed by atoms with Gasteiger partial charge in [-0.1, -0.05) is 19.8 Å². The van der Waals surface area contributed by atoms with Gasteiger partial charge >= 0.3 is 0 Å². The molecule has 2 N–H and O–H groups in total. The molecule has 0 saturated carbocycles. The first-order valence-electron chi connectivity index (χ1n) is 6.29. The number of hydrogen-bond donors (Lipinski definition) is 1. The summed E-state index contributed by atoms with van der Waals surface area (Å²) in [4.78, 5) is 13.9. The molecule has 0 bridgehead atoms. The van der Waals surface area contributed by atoms with Crippen LogP contribution in [0.15, 0.2) is 0 Å². The van der Waals surface area contributed by atoms with E-state index in [0.717, 1.165) is 32.2 Å². The number of hydrogen-bond acceptors (Lipinski definition) is 2. The monoisotopic (exact) mass is 212 g/mol. The second kappa shape index (κ2) is 6.83. The van der Waals surface area contributed by atoms with Crippen LogP contribution >= 0.6 is 0 Å². The predicted octanol–water partition coefficient (Wildman–Crippen LogP) is 1.91. The summed E-state index contributed by atoms with van der Waals surface area (Å²) in [5, 5.41) is 0. The van der Waals surface area contributed by atoms with Gasteiger partial charge in [-0.2, -0.15) is 0 Å². The molecule has 88 valence electrons. The number of carbonyl (C=O) groups is 1. The molecule has 1 atom stereocenters. The van der Waals surface area contributed by atoms with E-state index in [-0.39, 0.29) is 0 Å². The average Bonchev–Trinajstić information content (AvgIpc) is 2.29. The highest BCUT2D eigenvalue weighted by Crippen LogP contribution is 2.17. The number of rotatable bonds is 5. The van der Waals surface area contributed by atoms with E-state index in [1.165, 1.54) is 12.8 Å². The topological polar surface area (TPSA) is 46.3 Å². The number of piperidine rings is 1. The lowest BCUT2D eigenvalue weighted by molar-refractivity contribution is -0.134. The molecule has 1 saturated heterocycles. The van der Waals surface area contributed by atoms with Crippen LogP contribution in [-0.2, 0) is 4.79 Å². The van der Waals surface area contributed by atoms with Crippen LogP contribution in [0.2, 0.25) is 0 Å². The number of likely N-dealkylation sites (tertiary alicyclic amines) is 1. The molecule has 3 nitrogen and oxygen atoms in total. The quantitative estimate of drug-likeness (QED) is 0.708. The van der Waals surface area contributed by atoms with Crippen LogP contribution in [0, 0.1) is 0 Å². The summed E-state index contributed by atoms with van der Waals surface area (Å²) < 4.78 is 0. The molecular weight excluding hydrogens is 188 g/mol. The highest BCUT2D eigenvalue weighted by atomic mass is 16.2. The number of amides is 1. The second-order valence-electron chi connectivity index (χ2n) is 4.43. The summed E-state index contributed by atoms with van der Waals surface area (Å²) in [5.74, 6) is 0.318. The number of carbonyl (C=O) groups excluding carboxylic acids is 1.